The Morgan fingerprint density at radius 3 is 2.70 bits per heavy atom. The van der Waals surface area contributed by atoms with E-state index in [4.69, 9.17) is 0 Å². The summed E-state index contributed by atoms with van der Waals surface area (Å²) in [4.78, 5) is 31.5. The third kappa shape index (κ3) is 5.08. The molecule has 2 heterocycles. The summed E-state index contributed by atoms with van der Waals surface area (Å²) in [5.74, 6) is 1.47. The SMILES string of the molecule is CCC1(CNc2ccc(C(=O)N3CCC[C@H](C(=O)CC(C)C)C3)cn2)CC1. The molecule has 27 heavy (non-hydrogen) atoms. The van der Waals surface area contributed by atoms with Crippen molar-refractivity contribution in [3.63, 3.8) is 0 Å². The number of likely N-dealkylation sites (tertiary alicyclic amines) is 1. The highest BCUT2D eigenvalue weighted by atomic mass is 16.2. The molecule has 0 aromatic carbocycles. The maximum atomic E-state index is 12.8. The van der Waals surface area contributed by atoms with Gasteiger partial charge in [0.15, 0.2) is 0 Å². The minimum Gasteiger partial charge on any atom is -0.370 e. The topological polar surface area (TPSA) is 62.3 Å². The number of Topliss-reactive ketones (excluding diaryl/α,β-unsaturated/α-hetero) is 1. The lowest BCUT2D eigenvalue weighted by atomic mass is 9.89. The van der Waals surface area contributed by atoms with Gasteiger partial charge in [0, 0.05) is 38.2 Å². The maximum Gasteiger partial charge on any atom is 0.255 e. The fraction of sp³-hybridized carbons (Fsp3) is 0.682. The van der Waals surface area contributed by atoms with Crippen LogP contribution in [0.3, 0.4) is 0 Å². The van der Waals surface area contributed by atoms with Crippen LogP contribution < -0.4 is 5.32 Å². The van der Waals surface area contributed by atoms with Gasteiger partial charge >= 0.3 is 0 Å². The number of carbonyl (C=O) groups is 2. The Morgan fingerprint density at radius 2 is 2.11 bits per heavy atom. The first-order valence-electron chi connectivity index (χ1n) is 10.4. The normalized spacial score (nSPS) is 21.2. The molecule has 2 fully saturated rings. The number of amides is 1. The lowest BCUT2D eigenvalue weighted by Gasteiger charge is -2.32. The summed E-state index contributed by atoms with van der Waals surface area (Å²) in [6.45, 7) is 8.59. The molecule has 1 saturated heterocycles. The van der Waals surface area contributed by atoms with Crippen molar-refractivity contribution in [3.05, 3.63) is 23.9 Å². The van der Waals surface area contributed by atoms with Gasteiger partial charge in [-0.15, -0.1) is 0 Å². The van der Waals surface area contributed by atoms with Crippen LogP contribution in [0.15, 0.2) is 18.3 Å². The molecule has 0 radical (unpaired) electrons. The molecule has 1 aromatic heterocycles. The molecule has 1 atom stereocenters. The van der Waals surface area contributed by atoms with Crippen LogP contribution in [0.2, 0.25) is 0 Å². The van der Waals surface area contributed by atoms with Crippen LogP contribution >= 0.6 is 0 Å². The number of nitrogens with zero attached hydrogens (tertiary/aromatic N) is 2. The van der Waals surface area contributed by atoms with Gasteiger partial charge in [-0.3, -0.25) is 9.59 Å². The molecule has 3 rings (SSSR count). The molecule has 1 amide bonds. The highest BCUT2D eigenvalue weighted by Gasteiger charge is 2.40. The predicted molar refractivity (Wildman–Crippen MR) is 108 cm³/mol. The van der Waals surface area contributed by atoms with Gasteiger partial charge in [0.05, 0.1) is 5.56 Å². The van der Waals surface area contributed by atoms with Crippen molar-refractivity contribution >= 4 is 17.5 Å². The zero-order chi connectivity index (χ0) is 19.4. The molecule has 1 N–H and O–H groups in total. The number of rotatable bonds is 8. The molecule has 5 heteroatoms. The van der Waals surface area contributed by atoms with E-state index in [9.17, 15) is 9.59 Å². The molecule has 1 saturated carbocycles. The van der Waals surface area contributed by atoms with Crippen LogP contribution in [0.25, 0.3) is 0 Å². The number of anilines is 1. The number of piperidine rings is 1. The van der Waals surface area contributed by atoms with Gasteiger partial charge in [0.2, 0.25) is 0 Å². The van der Waals surface area contributed by atoms with Gasteiger partial charge in [0.25, 0.3) is 5.91 Å². The van der Waals surface area contributed by atoms with Gasteiger partial charge in [-0.25, -0.2) is 4.98 Å². The lowest BCUT2D eigenvalue weighted by Crippen LogP contribution is -2.42. The van der Waals surface area contributed by atoms with Crippen molar-refractivity contribution < 1.29 is 9.59 Å². The highest BCUT2D eigenvalue weighted by molar-refractivity contribution is 5.94. The standard InChI is InChI=1S/C22H33N3O2/c1-4-22(9-10-22)15-24-20-8-7-17(13-23-20)21(27)25-11-5-6-18(14-25)19(26)12-16(2)3/h7-8,13,16,18H,4-6,9-12,14-15H2,1-3H3,(H,23,24)/t18-/m0/s1. The molecular weight excluding hydrogens is 338 g/mol. The molecule has 5 nitrogen and oxygen atoms in total. The summed E-state index contributed by atoms with van der Waals surface area (Å²) < 4.78 is 0. The largest absolute Gasteiger partial charge is 0.370 e. The summed E-state index contributed by atoms with van der Waals surface area (Å²) in [5.41, 5.74) is 1.07. The summed E-state index contributed by atoms with van der Waals surface area (Å²) in [5, 5.41) is 3.40. The van der Waals surface area contributed by atoms with Crippen molar-refractivity contribution in [1.82, 2.24) is 9.88 Å². The van der Waals surface area contributed by atoms with Crippen LogP contribution in [0, 0.1) is 17.3 Å². The first-order valence-corrected chi connectivity index (χ1v) is 10.4. The zero-order valence-electron chi connectivity index (χ0n) is 17.0. The number of ketones is 1. The molecule has 1 aliphatic heterocycles. The molecule has 0 unspecified atom stereocenters. The first-order chi connectivity index (χ1) is 12.9. The second-order valence-corrected chi connectivity index (χ2v) is 8.79. The monoisotopic (exact) mass is 371 g/mol. The number of carbonyl (C=O) groups excluding carboxylic acids is 2. The maximum absolute atomic E-state index is 12.8. The van der Waals surface area contributed by atoms with Gasteiger partial charge in [-0.05, 0) is 55.6 Å². The van der Waals surface area contributed by atoms with E-state index in [1.54, 1.807) is 6.20 Å². The minimum atomic E-state index is -0.0113. The Labute approximate surface area is 162 Å². The zero-order valence-corrected chi connectivity index (χ0v) is 17.0. The number of nitrogens with one attached hydrogen (secondary N) is 1. The quantitative estimate of drug-likeness (QED) is 0.746. The van der Waals surface area contributed by atoms with E-state index in [2.05, 4.69) is 31.1 Å². The van der Waals surface area contributed by atoms with Crippen molar-refractivity contribution in [2.45, 2.75) is 59.3 Å². The molecule has 2 aliphatic rings. The molecule has 1 aliphatic carbocycles. The predicted octanol–water partition coefficient (Wildman–Crippen LogP) is 4.15. The average Bonchev–Trinajstić information content (AvgIpc) is 3.46. The Balaban J connectivity index is 1.55. The van der Waals surface area contributed by atoms with Crippen LogP contribution in [-0.2, 0) is 4.79 Å². The van der Waals surface area contributed by atoms with Crippen LogP contribution in [0.4, 0.5) is 5.82 Å². The fourth-order valence-electron chi connectivity index (χ4n) is 3.91. The Hall–Kier alpha value is -1.91. The van der Waals surface area contributed by atoms with Crippen molar-refractivity contribution in [2.24, 2.45) is 17.3 Å². The lowest BCUT2D eigenvalue weighted by molar-refractivity contribution is -0.124. The fourth-order valence-corrected chi connectivity index (χ4v) is 3.91. The highest BCUT2D eigenvalue weighted by Crippen LogP contribution is 2.48. The smallest absolute Gasteiger partial charge is 0.255 e. The first kappa shape index (κ1) is 19.8. The molecular formula is C22H33N3O2. The second-order valence-electron chi connectivity index (χ2n) is 8.79. The van der Waals surface area contributed by atoms with Gasteiger partial charge < -0.3 is 10.2 Å². The van der Waals surface area contributed by atoms with Crippen LogP contribution in [-0.4, -0.2) is 41.2 Å². The Morgan fingerprint density at radius 1 is 1.33 bits per heavy atom. The summed E-state index contributed by atoms with van der Waals surface area (Å²) in [7, 11) is 0. The van der Waals surface area contributed by atoms with E-state index < -0.39 is 0 Å². The number of hydrogen-bond donors (Lipinski definition) is 1. The second kappa shape index (κ2) is 8.41. The van der Waals surface area contributed by atoms with E-state index >= 15 is 0 Å². The third-order valence-corrected chi connectivity index (χ3v) is 6.14. The number of aromatic nitrogens is 1. The van der Waals surface area contributed by atoms with E-state index in [1.807, 2.05) is 17.0 Å². The van der Waals surface area contributed by atoms with Crippen LogP contribution in [0.1, 0.15) is 69.7 Å². The van der Waals surface area contributed by atoms with E-state index in [0.717, 1.165) is 31.7 Å². The summed E-state index contributed by atoms with van der Waals surface area (Å²) in [6.07, 6.45) is 7.84. The van der Waals surface area contributed by atoms with Crippen molar-refractivity contribution in [3.8, 4) is 0 Å². The Bertz CT molecular complexity index is 665. The number of pyridine rings is 1. The summed E-state index contributed by atoms with van der Waals surface area (Å²) in [6, 6.07) is 3.74. The van der Waals surface area contributed by atoms with Crippen molar-refractivity contribution in [1.29, 1.82) is 0 Å². The molecule has 0 bridgehead atoms. The van der Waals surface area contributed by atoms with Gasteiger partial charge in [0.1, 0.15) is 11.6 Å². The Kier molecular flexibility index (Phi) is 6.18. The van der Waals surface area contributed by atoms with Gasteiger partial charge in [-0.1, -0.05) is 20.8 Å². The van der Waals surface area contributed by atoms with E-state index in [1.165, 1.54) is 19.3 Å². The summed E-state index contributed by atoms with van der Waals surface area (Å²) >= 11 is 0. The van der Waals surface area contributed by atoms with E-state index in [-0.39, 0.29) is 11.8 Å². The molecule has 148 valence electrons. The van der Waals surface area contributed by atoms with Gasteiger partial charge in [-0.2, -0.15) is 0 Å². The molecule has 0 spiro atoms. The van der Waals surface area contributed by atoms with E-state index in [0.29, 0.717) is 35.6 Å². The number of hydrogen-bond acceptors (Lipinski definition) is 4. The average molecular weight is 372 g/mol. The molecule has 1 aromatic rings. The van der Waals surface area contributed by atoms with Crippen molar-refractivity contribution in [2.75, 3.05) is 25.0 Å². The third-order valence-electron chi connectivity index (χ3n) is 6.14. The minimum absolute atomic E-state index is 0.0108. The van der Waals surface area contributed by atoms with Crippen LogP contribution in [0.5, 0.6) is 0 Å².